The van der Waals surface area contributed by atoms with Gasteiger partial charge in [-0.3, -0.25) is 4.79 Å². The SMILES string of the molecule is CN(C)CCCCOc1cccc2occc(=O)c12. The van der Waals surface area contributed by atoms with Gasteiger partial charge < -0.3 is 14.1 Å². The zero-order valence-electron chi connectivity index (χ0n) is 11.4. The second-order valence-electron chi connectivity index (χ2n) is 4.77. The van der Waals surface area contributed by atoms with Crippen molar-refractivity contribution in [2.75, 3.05) is 27.2 Å². The molecule has 0 fully saturated rings. The molecule has 4 nitrogen and oxygen atoms in total. The molecule has 0 N–H and O–H groups in total. The summed E-state index contributed by atoms with van der Waals surface area (Å²) in [5.41, 5.74) is 0.503. The zero-order chi connectivity index (χ0) is 13.7. The van der Waals surface area contributed by atoms with Crippen molar-refractivity contribution in [1.29, 1.82) is 0 Å². The second kappa shape index (κ2) is 6.38. The van der Waals surface area contributed by atoms with Gasteiger partial charge in [0.1, 0.15) is 16.7 Å². The van der Waals surface area contributed by atoms with Crippen molar-refractivity contribution >= 4 is 11.0 Å². The van der Waals surface area contributed by atoms with E-state index in [4.69, 9.17) is 9.15 Å². The molecular weight excluding hydrogens is 242 g/mol. The van der Waals surface area contributed by atoms with E-state index in [2.05, 4.69) is 19.0 Å². The van der Waals surface area contributed by atoms with Crippen molar-refractivity contribution in [3.63, 3.8) is 0 Å². The second-order valence-corrected chi connectivity index (χ2v) is 4.77. The summed E-state index contributed by atoms with van der Waals surface area (Å²) >= 11 is 0. The Morgan fingerprint density at radius 2 is 2.05 bits per heavy atom. The van der Waals surface area contributed by atoms with E-state index in [1.54, 1.807) is 6.07 Å². The Labute approximate surface area is 112 Å². The van der Waals surface area contributed by atoms with Gasteiger partial charge in [-0.1, -0.05) is 6.07 Å². The topological polar surface area (TPSA) is 42.7 Å². The highest BCUT2D eigenvalue weighted by Gasteiger charge is 2.06. The highest BCUT2D eigenvalue weighted by atomic mass is 16.5. The van der Waals surface area contributed by atoms with Gasteiger partial charge in [-0.15, -0.1) is 0 Å². The smallest absolute Gasteiger partial charge is 0.196 e. The molecule has 0 saturated carbocycles. The molecule has 19 heavy (non-hydrogen) atoms. The molecule has 0 saturated heterocycles. The number of fused-ring (bicyclic) bond motifs is 1. The van der Waals surface area contributed by atoms with Gasteiger partial charge in [-0.25, -0.2) is 0 Å². The van der Waals surface area contributed by atoms with Crippen molar-refractivity contribution in [2.45, 2.75) is 12.8 Å². The van der Waals surface area contributed by atoms with Gasteiger partial charge >= 0.3 is 0 Å². The fourth-order valence-electron chi connectivity index (χ4n) is 1.94. The van der Waals surface area contributed by atoms with Crippen LogP contribution in [0.25, 0.3) is 11.0 Å². The average Bonchev–Trinajstić information content (AvgIpc) is 2.38. The minimum absolute atomic E-state index is 0.0647. The van der Waals surface area contributed by atoms with Crippen LogP contribution in [0.3, 0.4) is 0 Å². The third-order valence-corrected chi connectivity index (χ3v) is 2.91. The molecule has 0 atom stereocenters. The molecule has 0 aliphatic heterocycles. The van der Waals surface area contributed by atoms with Crippen molar-refractivity contribution in [2.24, 2.45) is 0 Å². The predicted molar refractivity (Wildman–Crippen MR) is 75.8 cm³/mol. The quantitative estimate of drug-likeness (QED) is 0.749. The van der Waals surface area contributed by atoms with Gasteiger partial charge in [0.15, 0.2) is 5.43 Å². The number of nitrogens with zero attached hydrogens (tertiary/aromatic N) is 1. The normalized spacial score (nSPS) is 11.1. The summed E-state index contributed by atoms with van der Waals surface area (Å²) in [6.45, 7) is 1.66. The molecule has 2 aromatic rings. The highest BCUT2D eigenvalue weighted by Crippen LogP contribution is 2.22. The first kappa shape index (κ1) is 13.6. The van der Waals surface area contributed by atoms with Crippen LogP contribution in [0.2, 0.25) is 0 Å². The van der Waals surface area contributed by atoms with Crippen LogP contribution in [0.4, 0.5) is 0 Å². The van der Waals surface area contributed by atoms with E-state index in [-0.39, 0.29) is 5.43 Å². The fourth-order valence-corrected chi connectivity index (χ4v) is 1.94. The predicted octanol–water partition coefficient (Wildman–Crippen LogP) is 2.51. The third kappa shape index (κ3) is 3.58. The molecule has 0 unspecified atom stereocenters. The Morgan fingerprint density at radius 3 is 2.84 bits per heavy atom. The van der Waals surface area contributed by atoms with E-state index in [1.165, 1.54) is 12.3 Å². The van der Waals surface area contributed by atoms with Crippen molar-refractivity contribution in [1.82, 2.24) is 4.90 Å². The summed E-state index contributed by atoms with van der Waals surface area (Å²) in [6.07, 6.45) is 3.45. The molecule has 1 aromatic heterocycles. The Hall–Kier alpha value is -1.81. The third-order valence-electron chi connectivity index (χ3n) is 2.91. The summed E-state index contributed by atoms with van der Waals surface area (Å²) in [5, 5.41) is 0.526. The molecular formula is C15H19NO3. The molecule has 0 aliphatic carbocycles. The lowest BCUT2D eigenvalue weighted by atomic mass is 10.2. The molecule has 0 amide bonds. The van der Waals surface area contributed by atoms with E-state index in [0.717, 1.165) is 19.4 Å². The maximum atomic E-state index is 11.8. The van der Waals surface area contributed by atoms with E-state index < -0.39 is 0 Å². The summed E-state index contributed by atoms with van der Waals surface area (Å²) in [7, 11) is 4.10. The molecule has 1 aromatic carbocycles. The van der Waals surface area contributed by atoms with Crippen molar-refractivity contribution < 1.29 is 9.15 Å². The largest absolute Gasteiger partial charge is 0.493 e. The summed E-state index contributed by atoms with van der Waals surface area (Å²) < 4.78 is 11.0. The van der Waals surface area contributed by atoms with Gasteiger partial charge in [0, 0.05) is 6.07 Å². The average molecular weight is 261 g/mol. The van der Waals surface area contributed by atoms with Crippen molar-refractivity contribution in [3.8, 4) is 5.75 Å². The molecule has 0 bridgehead atoms. The summed E-state index contributed by atoms with van der Waals surface area (Å²) in [5.74, 6) is 0.608. The molecule has 102 valence electrons. The van der Waals surface area contributed by atoms with Crippen LogP contribution < -0.4 is 10.2 Å². The lowest BCUT2D eigenvalue weighted by Gasteiger charge is -2.10. The Bertz CT molecular complexity index is 584. The molecule has 0 spiro atoms. The molecule has 2 rings (SSSR count). The lowest BCUT2D eigenvalue weighted by Crippen LogP contribution is -2.14. The maximum absolute atomic E-state index is 11.8. The van der Waals surface area contributed by atoms with Gasteiger partial charge in [0.05, 0.1) is 12.9 Å². The number of benzene rings is 1. The lowest BCUT2D eigenvalue weighted by molar-refractivity contribution is 0.295. The highest BCUT2D eigenvalue weighted by molar-refractivity contribution is 5.82. The first-order chi connectivity index (χ1) is 9.18. The van der Waals surface area contributed by atoms with Gasteiger partial charge in [0.25, 0.3) is 0 Å². The van der Waals surface area contributed by atoms with Gasteiger partial charge in [-0.2, -0.15) is 0 Å². The molecule has 1 heterocycles. The van der Waals surface area contributed by atoms with Gasteiger partial charge in [-0.05, 0) is 45.6 Å². The van der Waals surface area contributed by atoms with Crippen LogP contribution in [0, 0.1) is 0 Å². The van der Waals surface area contributed by atoms with Crippen LogP contribution in [0.15, 0.2) is 39.7 Å². The van der Waals surface area contributed by atoms with E-state index in [9.17, 15) is 4.79 Å². The fraction of sp³-hybridized carbons (Fsp3) is 0.400. The Balaban J connectivity index is 2.03. The minimum Gasteiger partial charge on any atom is -0.493 e. The standard InChI is InChI=1S/C15H19NO3/c1-16(2)9-3-4-10-18-13-6-5-7-14-15(13)12(17)8-11-19-14/h5-8,11H,3-4,9-10H2,1-2H3. The summed E-state index contributed by atoms with van der Waals surface area (Å²) in [4.78, 5) is 14.0. The monoisotopic (exact) mass is 261 g/mol. The first-order valence-electron chi connectivity index (χ1n) is 6.46. The van der Waals surface area contributed by atoms with Crippen LogP contribution in [-0.2, 0) is 0 Å². The Morgan fingerprint density at radius 1 is 1.21 bits per heavy atom. The summed E-state index contributed by atoms with van der Waals surface area (Å²) in [6, 6.07) is 6.84. The van der Waals surface area contributed by atoms with E-state index >= 15 is 0 Å². The minimum atomic E-state index is -0.0647. The van der Waals surface area contributed by atoms with E-state index in [1.807, 2.05) is 12.1 Å². The maximum Gasteiger partial charge on any atom is 0.196 e. The molecule has 4 heteroatoms. The number of hydrogen-bond donors (Lipinski definition) is 0. The van der Waals surface area contributed by atoms with Crippen LogP contribution in [0.5, 0.6) is 5.75 Å². The van der Waals surface area contributed by atoms with Crippen LogP contribution >= 0.6 is 0 Å². The van der Waals surface area contributed by atoms with Crippen LogP contribution in [0.1, 0.15) is 12.8 Å². The number of hydrogen-bond acceptors (Lipinski definition) is 4. The van der Waals surface area contributed by atoms with Crippen molar-refractivity contribution in [3.05, 3.63) is 40.8 Å². The first-order valence-corrected chi connectivity index (χ1v) is 6.46. The molecule has 0 radical (unpaired) electrons. The zero-order valence-corrected chi connectivity index (χ0v) is 11.4. The van der Waals surface area contributed by atoms with Gasteiger partial charge in [0.2, 0.25) is 0 Å². The van der Waals surface area contributed by atoms with E-state index in [0.29, 0.717) is 23.3 Å². The van der Waals surface area contributed by atoms with Crippen LogP contribution in [-0.4, -0.2) is 32.1 Å². The Kier molecular flexibility index (Phi) is 4.58. The number of rotatable bonds is 6. The number of ether oxygens (including phenoxy) is 1. The molecule has 0 aliphatic rings. The number of unbranched alkanes of at least 4 members (excludes halogenated alkanes) is 1.